The molecule has 0 saturated heterocycles. The molecule has 0 atom stereocenters. The van der Waals surface area contributed by atoms with Crippen molar-refractivity contribution in [1.29, 1.82) is 0 Å². The molecular formula is C14H14F3NO. The largest absolute Gasteiger partial charge is 0.497 e. The Morgan fingerprint density at radius 1 is 1.42 bits per heavy atom. The molecule has 0 aromatic carbocycles. The normalized spacial score (nSPS) is 15.3. The lowest BCUT2D eigenvalue weighted by Gasteiger charge is -2.14. The molecule has 0 amide bonds. The molecule has 0 aliphatic heterocycles. The molecule has 1 aromatic rings. The van der Waals surface area contributed by atoms with Gasteiger partial charge in [0, 0.05) is 11.8 Å². The Labute approximate surface area is 109 Å². The van der Waals surface area contributed by atoms with Crippen molar-refractivity contribution in [2.45, 2.75) is 25.4 Å². The van der Waals surface area contributed by atoms with Crippen LogP contribution >= 0.6 is 0 Å². The molecule has 0 unspecified atom stereocenters. The van der Waals surface area contributed by atoms with E-state index in [0.29, 0.717) is 5.56 Å². The Balaban J connectivity index is 2.50. The second-order valence-electron chi connectivity index (χ2n) is 4.37. The number of hydrogen-bond donors (Lipinski definition) is 0. The van der Waals surface area contributed by atoms with E-state index in [1.54, 1.807) is 0 Å². The molecule has 1 aliphatic carbocycles. The second-order valence-corrected chi connectivity index (χ2v) is 4.37. The second kappa shape index (κ2) is 5.07. The number of allylic oxidation sites excluding steroid dienone is 2. The topological polar surface area (TPSA) is 22.1 Å². The molecule has 2 rings (SSSR count). The number of pyridine rings is 1. The number of aromatic nitrogens is 1. The Morgan fingerprint density at radius 2 is 2.16 bits per heavy atom. The van der Waals surface area contributed by atoms with Crippen LogP contribution in [0.15, 0.2) is 24.9 Å². The van der Waals surface area contributed by atoms with Crippen LogP contribution in [0.5, 0.6) is 0 Å². The van der Waals surface area contributed by atoms with Crippen molar-refractivity contribution in [2.75, 3.05) is 7.11 Å². The van der Waals surface area contributed by atoms with Gasteiger partial charge in [0.1, 0.15) is 5.76 Å². The fourth-order valence-corrected chi connectivity index (χ4v) is 2.12. The highest BCUT2D eigenvalue weighted by atomic mass is 19.4. The minimum Gasteiger partial charge on any atom is -0.497 e. The zero-order valence-electron chi connectivity index (χ0n) is 10.5. The molecule has 1 aromatic heterocycles. The number of methoxy groups -OCH3 is 1. The molecule has 0 N–H and O–H groups in total. The van der Waals surface area contributed by atoms with E-state index in [9.17, 15) is 13.2 Å². The highest BCUT2D eigenvalue weighted by molar-refractivity contribution is 5.71. The van der Waals surface area contributed by atoms with Gasteiger partial charge in [0.25, 0.3) is 0 Å². The molecule has 0 radical (unpaired) electrons. The molecule has 0 fully saturated rings. The summed E-state index contributed by atoms with van der Waals surface area (Å²) in [5, 5.41) is 0. The van der Waals surface area contributed by atoms with Crippen molar-refractivity contribution in [3.05, 3.63) is 41.7 Å². The molecule has 102 valence electrons. The third kappa shape index (κ3) is 2.80. The van der Waals surface area contributed by atoms with Crippen molar-refractivity contribution >= 4 is 11.3 Å². The highest BCUT2D eigenvalue weighted by Crippen LogP contribution is 2.36. The Bertz CT molecular complexity index is 532. The van der Waals surface area contributed by atoms with Crippen molar-refractivity contribution in [1.82, 2.24) is 4.98 Å². The van der Waals surface area contributed by atoms with E-state index in [1.807, 2.05) is 6.08 Å². The van der Waals surface area contributed by atoms with Gasteiger partial charge < -0.3 is 4.74 Å². The molecular weight excluding hydrogens is 255 g/mol. The number of rotatable bonds is 3. The number of nitrogens with zero attached hydrogens (tertiary/aromatic N) is 1. The lowest BCUT2D eigenvalue weighted by Crippen LogP contribution is -2.12. The fraction of sp³-hybridized carbons (Fsp3) is 0.357. The maximum Gasteiger partial charge on any atom is 0.434 e. The van der Waals surface area contributed by atoms with Gasteiger partial charge in [0.15, 0.2) is 5.69 Å². The molecule has 1 heterocycles. The van der Waals surface area contributed by atoms with Gasteiger partial charge in [0.2, 0.25) is 0 Å². The summed E-state index contributed by atoms with van der Waals surface area (Å²) in [6, 6.07) is 1.46. The highest BCUT2D eigenvalue weighted by Gasteiger charge is 2.36. The zero-order valence-corrected chi connectivity index (χ0v) is 10.5. The van der Waals surface area contributed by atoms with Gasteiger partial charge in [-0.2, -0.15) is 13.2 Å². The van der Waals surface area contributed by atoms with E-state index in [2.05, 4.69) is 11.6 Å². The third-order valence-electron chi connectivity index (χ3n) is 3.11. The molecule has 0 saturated carbocycles. The first-order chi connectivity index (χ1) is 8.93. The molecule has 0 spiro atoms. The van der Waals surface area contributed by atoms with Gasteiger partial charge in [-0.1, -0.05) is 12.7 Å². The zero-order chi connectivity index (χ0) is 14.0. The van der Waals surface area contributed by atoms with Crippen LogP contribution in [-0.2, 0) is 10.9 Å². The van der Waals surface area contributed by atoms with Crippen LogP contribution in [-0.4, -0.2) is 12.1 Å². The molecule has 1 aliphatic rings. The minimum atomic E-state index is -4.51. The van der Waals surface area contributed by atoms with Gasteiger partial charge >= 0.3 is 6.18 Å². The van der Waals surface area contributed by atoms with E-state index >= 15 is 0 Å². The van der Waals surface area contributed by atoms with Gasteiger partial charge in [-0.15, -0.1) is 0 Å². The third-order valence-corrected chi connectivity index (χ3v) is 3.11. The van der Waals surface area contributed by atoms with E-state index in [0.717, 1.165) is 24.8 Å². The summed E-state index contributed by atoms with van der Waals surface area (Å²) in [5.74, 6) is -0.0275. The summed E-state index contributed by atoms with van der Waals surface area (Å²) in [6.45, 7) is 3.50. The summed E-state index contributed by atoms with van der Waals surface area (Å²) in [6.07, 6.45) is 1.63. The van der Waals surface area contributed by atoms with Crippen molar-refractivity contribution < 1.29 is 17.9 Å². The number of alkyl halides is 3. The molecule has 0 bridgehead atoms. The van der Waals surface area contributed by atoms with Crippen LogP contribution in [0.3, 0.4) is 0 Å². The lowest BCUT2D eigenvalue weighted by molar-refractivity contribution is -0.141. The number of ether oxygens (including phenoxy) is 1. The van der Waals surface area contributed by atoms with Crippen LogP contribution in [0.4, 0.5) is 13.2 Å². The number of hydrogen-bond acceptors (Lipinski definition) is 2. The Morgan fingerprint density at radius 3 is 2.68 bits per heavy atom. The van der Waals surface area contributed by atoms with Crippen molar-refractivity contribution in [3.63, 3.8) is 0 Å². The minimum absolute atomic E-state index is 0.0275. The van der Waals surface area contributed by atoms with E-state index in [-0.39, 0.29) is 11.3 Å². The molecule has 19 heavy (non-hydrogen) atoms. The molecule has 2 nitrogen and oxygen atoms in total. The van der Waals surface area contributed by atoms with E-state index in [1.165, 1.54) is 19.4 Å². The van der Waals surface area contributed by atoms with Crippen molar-refractivity contribution in [2.24, 2.45) is 0 Å². The monoisotopic (exact) mass is 269 g/mol. The summed E-state index contributed by atoms with van der Waals surface area (Å²) in [7, 11) is 1.30. The predicted octanol–water partition coefficient (Wildman–Crippen LogP) is 4.28. The van der Waals surface area contributed by atoms with Crippen LogP contribution in [0.1, 0.15) is 36.1 Å². The first-order valence-corrected chi connectivity index (χ1v) is 5.93. The maximum absolute atomic E-state index is 12.9. The van der Waals surface area contributed by atoms with Gasteiger partial charge in [0.05, 0.1) is 7.11 Å². The first kappa shape index (κ1) is 13.6. The quantitative estimate of drug-likeness (QED) is 0.764. The van der Waals surface area contributed by atoms with Gasteiger partial charge in [-0.3, -0.25) is 4.98 Å². The molecule has 5 heteroatoms. The lowest BCUT2D eigenvalue weighted by atomic mass is 10.0. The van der Waals surface area contributed by atoms with Crippen LogP contribution in [0.2, 0.25) is 0 Å². The Hall–Kier alpha value is -1.78. The summed E-state index contributed by atoms with van der Waals surface area (Å²) < 4.78 is 43.5. The maximum atomic E-state index is 12.9. The standard InChI is InChI=1S/C14H14F3NO/c1-9(19-2)12-7-11(10-5-3-4-6-10)8-18-13(12)14(15,16)17/h5,7-8H,1,3-4,6H2,2H3. The van der Waals surface area contributed by atoms with E-state index in [4.69, 9.17) is 4.74 Å². The van der Waals surface area contributed by atoms with Crippen LogP contribution < -0.4 is 0 Å². The Kier molecular flexibility index (Phi) is 3.64. The number of halogens is 3. The van der Waals surface area contributed by atoms with E-state index < -0.39 is 11.9 Å². The van der Waals surface area contributed by atoms with Gasteiger partial charge in [-0.25, -0.2) is 0 Å². The average Bonchev–Trinajstić information content (AvgIpc) is 2.90. The van der Waals surface area contributed by atoms with Crippen LogP contribution in [0.25, 0.3) is 11.3 Å². The summed E-state index contributed by atoms with van der Waals surface area (Å²) >= 11 is 0. The first-order valence-electron chi connectivity index (χ1n) is 5.93. The summed E-state index contributed by atoms with van der Waals surface area (Å²) in [4.78, 5) is 3.56. The average molecular weight is 269 g/mol. The smallest absolute Gasteiger partial charge is 0.434 e. The fourth-order valence-electron chi connectivity index (χ4n) is 2.12. The summed E-state index contributed by atoms with van der Waals surface area (Å²) in [5.41, 5.74) is 0.687. The van der Waals surface area contributed by atoms with Crippen LogP contribution in [0, 0.1) is 0 Å². The van der Waals surface area contributed by atoms with Crippen molar-refractivity contribution in [3.8, 4) is 0 Å². The van der Waals surface area contributed by atoms with Gasteiger partial charge in [-0.05, 0) is 36.5 Å². The predicted molar refractivity (Wildman–Crippen MR) is 67.1 cm³/mol. The SMILES string of the molecule is C=C(OC)c1cc(C2=CCCC2)cnc1C(F)(F)F.